The van der Waals surface area contributed by atoms with Crippen molar-refractivity contribution < 1.29 is 0 Å². The van der Waals surface area contributed by atoms with Gasteiger partial charge in [-0.1, -0.05) is 59.1 Å². The Morgan fingerprint density at radius 2 is 1.70 bits per heavy atom. The van der Waals surface area contributed by atoms with E-state index in [2.05, 4.69) is 46.4 Å². The topological polar surface area (TPSA) is 27.6 Å². The van der Waals surface area contributed by atoms with Crippen LogP contribution in [0.1, 0.15) is 17.2 Å². The number of likely N-dealkylation sites (N-methyl/N-ethyl adjacent to an activating group) is 1. The molecule has 0 aromatic heterocycles. The van der Waals surface area contributed by atoms with Gasteiger partial charge in [0.1, 0.15) is 0 Å². The predicted octanol–water partition coefficient (Wildman–Crippen LogP) is 5.18. The minimum Gasteiger partial charge on any atom is -0.337 e. The Morgan fingerprint density at radius 1 is 1.09 bits per heavy atom. The van der Waals surface area contributed by atoms with Crippen molar-refractivity contribution in [2.24, 2.45) is 4.99 Å². The Kier molecular flexibility index (Phi) is 5.79. The molecule has 1 aliphatic heterocycles. The fourth-order valence-corrected chi connectivity index (χ4v) is 3.02. The fourth-order valence-electron chi connectivity index (χ4n) is 2.53. The summed E-state index contributed by atoms with van der Waals surface area (Å²) in [6.45, 7) is 2.80. The molecule has 0 saturated carbocycles. The highest BCUT2D eigenvalue weighted by Crippen LogP contribution is 2.32. The second kappa shape index (κ2) is 7.43. The Hall–Kier alpha value is -1.42. The second-order valence-electron chi connectivity index (χ2n) is 5.42. The molecular formula is C17H18Cl3N3. The van der Waals surface area contributed by atoms with Crippen molar-refractivity contribution in [1.29, 1.82) is 0 Å². The molecule has 3 rings (SSSR count). The van der Waals surface area contributed by atoms with E-state index in [0.717, 1.165) is 5.96 Å². The molecule has 1 unspecified atom stereocenters. The lowest BCUT2D eigenvalue weighted by Crippen LogP contribution is -2.31. The first-order chi connectivity index (χ1) is 10.6. The number of anilines is 1. The number of rotatable bonds is 2. The van der Waals surface area contributed by atoms with Crippen LogP contribution in [-0.4, -0.2) is 24.5 Å². The summed E-state index contributed by atoms with van der Waals surface area (Å²) in [5.74, 6) is 0.778. The van der Waals surface area contributed by atoms with Crippen LogP contribution < -0.4 is 5.32 Å². The van der Waals surface area contributed by atoms with E-state index in [-0.39, 0.29) is 18.4 Å². The molecule has 3 nitrogen and oxygen atoms in total. The number of benzene rings is 2. The van der Waals surface area contributed by atoms with E-state index in [1.165, 1.54) is 11.1 Å². The number of aryl methyl sites for hydroxylation is 1. The van der Waals surface area contributed by atoms with E-state index in [1.807, 2.05) is 25.2 Å². The zero-order valence-electron chi connectivity index (χ0n) is 12.9. The van der Waals surface area contributed by atoms with Gasteiger partial charge >= 0.3 is 0 Å². The summed E-state index contributed by atoms with van der Waals surface area (Å²) in [6.07, 6.45) is 0. The molecule has 1 atom stereocenters. The number of nitrogens with zero attached hydrogens (tertiary/aromatic N) is 2. The summed E-state index contributed by atoms with van der Waals surface area (Å²) in [7, 11) is 2.02. The molecule has 1 aliphatic rings. The first-order valence-electron chi connectivity index (χ1n) is 7.11. The lowest BCUT2D eigenvalue weighted by Gasteiger charge is -2.24. The second-order valence-corrected chi connectivity index (χ2v) is 6.24. The van der Waals surface area contributed by atoms with E-state index in [1.54, 1.807) is 0 Å². The first-order valence-corrected chi connectivity index (χ1v) is 7.87. The minimum absolute atomic E-state index is 0. The number of para-hydroxylation sites is 1. The Morgan fingerprint density at radius 3 is 2.30 bits per heavy atom. The van der Waals surface area contributed by atoms with Crippen molar-refractivity contribution in [2.45, 2.75) is 13.0 Å². The summed E-state index contributed by atoms with van der Waals surface area (Å²) in [5, 5.41) is 4.42. The molecule has 23 heavy (non-hydrogen) atoms. The molecule has 2 aromatic carbocycles. The quantitative estimate of drug-likeness (QED) is 0.789. The first kappa shape index (κ1) is 17.9. The van der Waals surface area contributed by atoms with Gasteiger partial charge < -0.3 is 10.2 Å². The summed E-state index contributed by atoms with van der Waals surface area (Å²) < 4.78 is 0. The van der Waals surface area contributed by atoms with Gasteiger partial charge in [-0.2, -0.15) is 0 Å². The molecule has 122 valence electrons. The van der Waals surface area contributed by atoms with Crippen LogP contribution in [0.2, 0.25) is 10.0 Å². The minimum atomic E-state index is 0. The summed E-state index contributed by atoms with van der Waals surface area (Å²) >= 11 is 12.4. The molecule has 0 saturated heterocycles. The Labute approximate surface area is 152 Å². The van der Waals surface area contributed by atoms with Crippen LogP contribution in [0.3, 0.4) is 0 Å². The van der Waals surface area contributed by atoms with Crippen LogP contribution in [0.25, 0.3) is 0 Å². The van der Waals surface area contributed by atoms with Gasteiger partial charge in [0.15, 0.2) is 5.96 Å². The standard InChI is InChI=1S/C17H17Cl2N3.ClH/c1-11-6-8-12(9-7-11)15-10-20-17(22(15)2)21-16-13(18)4-3-5-14(16)19;/h3-9,15H,10H2,1-2H3,(H,20,21);1H. The maximum absolute atomic E-state index is 6.21. The Bertz CT molecular complexity index is 693. The van der Waals surface area contributed by atoms with Crippen molar-refractivity contribution in [3.8, 4) is 0 Å². The van der Waals surface area contributed by atoms with Gasteiger partial charge in [0.2, 0.25) is 0 Å². The third-order valence-electron chi connectivity index (χ3n) is 3.88. The summed E-state index contributed by atoms with van der Waals surface area (Å²) in [5.41, 5.74) is 3.20. The monoisotopic (exact) mass is 369 g/mol. The molecule has 0 fully saturated rings. The number of nitrogens with one attached hydrogen (secondary N) is 1. The lowest BCUT2D eigenvalue weighted by atomic mass is 10.1. The Balaban J connectivity index is 0.00000192. The van der Waals surface area contributed by atoms with Crippen LogP contribution >= 0.6 is 35.6 Å². The van der Waals surface area contributed by atoms with Crippen LogP contribution in [0.4, 0.5) is 5.69 Å². The van der Waals surface area contributed by atoms with Crippen LogP contribution in [0.5, 0.6) is 0 Å². The van der Waals surface area contributed by atoms with E-state index >= 15 is 0 Å². The normalized spacial score (nSPS) is 16.8. The molecule has 2 aromatic rings. The number of halogens is 3. The highest BCUT2D eigenvalue weighted by atomic mass is 35.5. The van der Waals surface area contributed by atoms with Gasteiger partial charge in [-0.05, 0) is 24.6 Å². The molecule has 0 spiro atoms. The zero-order chi connectivity index (χ0) is 15.7. The average Bonchev–Trinajstić information content (AvgIpc) is 2.85. The molecule has 0 amide bonds. The molecular weight excluding hydrogens is 353 g/mol. The fraction of sp³-hybridized carbons (Fsp3) is 0.235. The zero-order valence-corrected chi connectivity index (χ0v) is 15.2. The number of guanidine groups is 1. The molecule has 0 aliphatic carbocycles. The van der Waals surface area contributed by atoms with Crippen molar-refractivity contribution in [3.63, 3.8) is 0 Å². The molecule has 0 radical (unpaired) electrons. The highest BCUT2D eigenvalue weighted by Gasteiger charge is 2.26. The number of hydrogen-bond acceptors (Lipinski definition) is 3. The highest BCUT2D eigenvalue weighted by molar-refractivity contribution is 6.39. The average molecular weight is 371 g/mol. The molecule has 1 heterocycles. The number of aliphatic imine (C=N–C) groups is 1. The summed E-state index contributed by atoms with van der Waals surface area (Å²) in [4.78, 5) is 6.70. The lowest BCUT2D eigenvalue weighted by molar-refractivity contribution is 0.416. The van der Waals surface area contributed by atoms with E-state index < -0.39 is 0 Å². The van der Waals surface area contributed by atoms with Gasteiger partial charge in [-0.3, -0.25) is 4.99 Å². The van der Waals surface area contributed by atoms with Crippen LogP contribution in [0, 0.1) is 6.92 Å². The van der Waals surface area contributed by atoms with Crippen molar-refractivity contribution in [1.82, 2.24) is 4.90 Å². The molecule has 0 bridgehead atoms. The van der Waals surface area contributed by atoms with E-state index in [9.17, 15) is 0 Å². The SMILES string of the molecule is Cc1ccc(C2CN=C(Nc3c(Cl)cccc3Cl)N2C)cc1.Cl. The smallest absolute Gasteiger partial charge is 0.198 e. The maximum Gasteiger partial charge on any atom is 0.198 e. The van der Waals surface area contributed by atoms with E-state index in [0.29, 0.717) is 22.3 Å². The number of hydrogen-bond donors (Lipinski definition) is 1. The van der Waals surface area contributed by atoms with Gasteiger partial charge in [0.05, 0.1) is 28.3 Å². The van der Waals surface area contributed by atoms with Gasteiger partial charge in [0.25, 0.3) is 0 Å². The van der Waals surface area contributed by atoms with Gasteiger partial charge in [0, 0.05) is 7.05 Å². The maximum atomic E-state index is 6.21. The van der Waals surface area contributed by atoms with Crippen molar-refractivity contribution in [2.75, 3.05) is 18.9 Å². The van der Waals surface area contributed by atoms with Gasteiger partial charge in [-0.15, -0.1) is 12.4 Å². The van der Waals surface area contributed by atoms with Crippen molar-refractivity contribution in [3.05, 3.63) is 63.6 Å². The third-order valence-corrected chi connectivity index (χ3v) is 4.51. The van der Waals surface area contributed by atoms with Crippen molar-refractivity contribution >= 4 is 47.3 Å². The predicted molar refractivity (Wildman–Crippen MR) is 101 cm³/mol. The van der Waals surface area contributed by atoms with Crippen LogP contribution in [-0.2, 0) is 0 Å². The largest absolute Gasteiger partial charge is 0.337 e. The van der Waals surface area contributed by atoms with Gasteiger partial charge in [-0.25, -0.2) is 0 Å². The molecule has 1 N–H and O–H groups in total. The van der Waals surface area contributed by atoms with Crippen LogP contribution in [0.15, 0.2) is 47.5 Å². The summed E-state index contributed by atoms with van der Waals surface area (Å²) in [6, 6.07) is 14.2. The molecule has 6 heteroatoms. The third kappa shape index (κ3) is 3.74. The van der Waals surface area contributed by atoms with E-state index in [4.69, 9.17) is 23.2 Å².